The molecule has 2 aromatic rings. The molecule has 1 atom stereocenters. The second-order valence-electron chi connectivity index (χ2n) is 5.40. The Hall–Kier alpha value is -1.19. The summed E-state index contributed by atoms with van der Waals surface area (Å²) in [5.41, 5.74) is 2.23. The van der Waals surface area contributed by atoms with Crippen LogP contribution in [0.5, 0.6) is 0 Å². The van der Waals surface area contributed by atoms with Crippen molar-refractivity contribution in [2.75, 3.05) is 7.05 Å². The van der Waals surface area contributed by atoms with Gasteiger partial charge >= 0.3 is 0 Å². The van der Waals surface area contributed by atoms with E-state index in [1.807, 2.05) is 30.5 Å². The van der Waals surface area contributed by atoms with E-state index in [-0.39, 0.29) is 11.9 Å². The average Bonchev–Trinajstić information content (AvgIpc) is 2.72. The Morgan fingerprint density at radius 3 is 2.75 bits per heavy atom. The maximum absolute atomic E-state index is 14.0. The molecule has 1 unspecified atom stereocenters. The van der Waals surface area contributed by atoms with Crippen molar-refractivity contribution in [2.45, 2.75) is 38.1 Å². The van der Waals surface area contributed by atoms with Crippen LogP contribution in [-0.4, -0.2) is 7.05 Å². The Kier molecular flexibility index (Phi) is 4.18. The molecule has 1 nitrogen and oxygen atoms in total. The molecular formula is C17H20FNS. The van der Waals surface area contributed by atoms with Crippen molar-refractivity contribution in [3.63, 3.8) is 0 Å². The van der Waals surface area contributed by atoms with Gasteiger partial charge in [0, 0.05) is 15.3 Å². The maximum Gasteiger partial charge on any atom is 0.128 e. The first kappa shape index (κ1) is 13.8. The van der Waals surface area contributed by atoms with Crippen molar-refractivity contribution in [1.29, 1.82) is 0 Å². The van der Waals surface area contributed by atoms with Crippen LogP contribution in [0, 0.1) is 5.82 Å². The van der Waals surface area contributed by atoms with Crippen LogP contribution in [0.25, 0.3) is 0 Å². The van der Waals surface area contributed by atoms with Crippen LogP contribution in [0.3, 0.4) is 0 Å². The molecule has 0 spiro atoms. The van der Waals surface area contributed by atoms with Gasteiger partial charge in [-0.2, -0.15) is 0 Å². The SMILES string of the molecule is CNC(c1cc2c(s1)CCCCC2)c1ccccc1F. The molecule has 3 rings (SSSR count). The first-order valence-corrected chi connectivity index (χ1v) is 8.14. The number of benzene rings is 1. The molecule has 1 aromatic heterocycles. The van der Waals surface area contributed by atoms with E-state index in [0.29, 0.717) is 0 Å². The van der Waals surface area contributed by atoms with Crippen molar-refractivity contribution in [3.05, 3.63) is 57.0 Å². The van der Waals surface area contributed by atoms with Crippen molar-refractivity contribution in [2.24, 2.45) is 0 Å². The first-order chi connectivity index (χ1) is 9.79. The number of nitrogens with one attached hydrogen (secondary N) is 1. The number of fused-ring (bicyclic) bond motifs is 1. The number of hydrogen-bond acceptors (Lipinski definition) is 2. The van der Waals surface area contributed by atoms with E-state index in [1.54, 1.807) is 6.07 Å². The van der Waals surface area contributed by atoms with E-state index in [9.17, 15) is 4.39 Å². The smallest absolute Gasteiger partial charge is 0.128 e. The van der Waals surface area contributed by atoms with Crippen LogP contribution < -0.4 is 5.32 Å². The number of thiophene rings is 1. The Bertz CT molecular complexity index is 567. The highest BCUT2D eigenvalue weighted by Gasteiger charge is 2.20. The fraction of sp³-hybridized carbons (Fsp3) is 0.412. The summed E-state index contributed by atoms with van der Waals surface area (Å²) in [5.74, 6) is -0.129. The summed E-state index contributed by atoms with van der Waals surface area (Å²) < 4.78 is 14.0. The molecule has 1 aliphatic rings. The zero-order chi connectivity index (χ0) is 13.9. The van der Waals surface area contributed by atoms with E-state index in [1.165, 1.54) is 53.5 Å². The fourth-order valence-electron chi connectivity index (χ4n) is 2.99. The topological polar surface area (TPSA) is 12.0 Å². The first-order valence-electron chi connectivity index (χ1n) is 7.33. The lowest BCUT2D eigenvalue weighted by Gasteiger charge is -2.15. The Balaban J connectivity index is 1.96. The summed E-state index contributed by atoms with van der Waals surface area (Å²) in [7, 11) is 1.90. The summed E-state index contributed by atoms with van der Waals surface area (Å²) in [6, 6.07) is 9.32. The lowest BCUT2D eigenvalue weighted by atomic mass is 10.0. The van der Waals surface area contributed by atoms with Gasteiger partial charge in [-0.25, -0.2) is 4.39 Å². The predicted molar refractivity (Wildman–Crippen MR) is 82.9 cm³/mol. The molecule has 1 aliphatic carbocycles. The zero-order valence-electron chi connectivity index (χ0n) is 11.8. The number of aryl methyl sites for hydroxylation is 2. The van der Waals surface area contributed by atoms with Gasteiger partial charge in [0.2, 0.25) is 0 Å². The van der Waals surface area contributed by atoms with E-state index in [4.69, 9.17) is 0 Å². The van der Waals surface area contributed by atoms with Gasteiger partial charge in [0.15, 0.2) is 0 Å². The Morgan fingerprint density at radius 1 is 1.15 bits per heavy atom. The largest absolute Gasteiger partial charge is 0.309 e. The van der Waals surface area contributed by atoms with Gasteiger partial charge in [0.05, 0.1) is 6.04 Å². The predicted octanol–water partition coefficient (Wildman–Crippen LogP) is 4.46. The third-order valence-electron chi connectivity index (χ3n) is 4.06. The number of halogens is 1. The van der Waals surface area contributed by atoms with Gasteiger partial charge in [0.1, 0.15) is 5.82 Å². The van der Waals surface area contributed by atoms with Crippen molar-refractivity contribution >= 4 is 11.3 Å². The normalized spacial score (nSPS) is 16.5. The molecule has 0 amide bonds. The molecule has 0 saturated carbocycles. The highest BCUT2D eigenvalue weighted by Crippen LogP contribution is 2.35. The summed E-state index contributed by atoms with van der Waals surface area (Å²) in [6.07, 6.45) is 6.27. The third kappa shape index (κ3) is 2.65. The minimum Gasteiger partial charge on any atom is -0.309 e. The summed E-state index contributed by atoms with van der Waals surface area (Å²) in [6.45, 7) is 0. The summed E-state index contributed by atoms with van der Waals surface area (Å²) in [4.78, 5) is 2.75. The third-order valence-corrected chi connectivity index (χ3v) is 5.36. The van der Waals surface area contributed by atoms with Crippen molar-refractivity contribution < 1.29 is 4.39 Å². The second kappa shape index (κ2) is 6.06. The maximum atomic E-state index is 14.0. The molecule has 3 heteroatoms. The monoisotopic (exact) mass is 289 g/mol. The van der Waals surface area contributed by atoms with Gasteiger partial charge in [0.25, 0.3) is 0 Å². The highest BCUT2D eigenvalue weighted by molar-refractivity contribution is 7.12. The van der Waals surface area contributed by atoms with E-state index >= 15 is 0 Å². The average molecular weight is 289 g/mol. The van der Waals surface area contributed by atoms with E-state index < -0.39 is 0 Å². The molecule has 0 radical (unpaired) electrons. The van der Waals surface area contributed by atoms with Crippen molar-refractivity contribution in [3.8, 4) is 0 Å². The molecule has 0 bridgehead atoms. The van der Waals surface area contributed by atoms with Crippen LogP contribution in [0.1, 0.15) is 46.2 Å². The lowest BCUT2D eigenvalue weighted by molar-refractivity contribution is 0.579. The molecule has 0 fully saturated rings. The van der Waals surface area contributed by atoms with Crippen LogP contribution in [0.2, 0.25) is 0 Å². The lowest BCUT2D eigenvalue weighted by Crippen LogP contribution is -2.17. The minimum absolute atomic E-state index is 0.0341. The van der Waals surface area contributed by atoms with Crippen LogP contribution in [0.15, 0.2) is 30.3 Å². The van der Waals surface area contributed by atoms with Crippen LogP contribution in [-0.2, 0) is 12.8 Å². The number of hydrogen-bond donors (Lipinski definition) is 1. The molecule has 1 heterocycles. The van der Waals surface area contributed by atoms with Gasteiger partial charge in [-0.15, -0.1) is 11.3 Å². The minimum atomic E-state index is -0.129. The molecule has 20 heavy (non-hydrogen) atoms. The van der Waals surface area contributed by atoms with Crippen molar-refractivity contribution in [1.82, 2.24) is 5.32 Å². The fourth-order valence-corrected chi connectivity index (χ4v) is 4.38. The zero-order valence-corrected chi connectivity index (χ0v) is 12.6. The van der Waals surface area contributed by atoms with E-state index in [2.05, 4.69) is 11.4 Å². The second-order valence-corrected chi connectivity index (χ2v) is 6.57. The number of rotatable bonds is 3. The molecule has 0 aliphatic heterocycles. The highest BCUT2D eigenvalue weighted by atomic mass is 32.1. The standard InChI is InChI=1S/C17H20FNS/c1-19-17(13-8-5-6-9-14(13)18)16-11-12-7-3-2-4-10-15(12)20-16/h5-6,8-9,11,17,19H,2-4,7,10H2,1H3. The molecular weight excluding hydrogens is 269 g/mol. The van der Waals surface area contributed by atoms with Gasteiger partial charge in [-0.1, -0.05) is 24.6 Å². The van der Waals surface area contributed by atoms with Crippen LogP contribution in [0.4, 0.5) is 4.39 Å². The Morgan fingerprint density at radius 2 is 1.95 bits per heavy atom. The van der Waals surface area contributed by atoms with Crippen LogP contribution >= 0.6 is 11.3 Å². The van der Waals surface area contributed by atoms with Gasteiger partial charge in [-0.05, 0) is 50.4 Å². The van der Waals surface area contributed by atoms with Gasteiger partial charge in [-0.3, -0.25) is 0 Å². The Labute approximate surface area is 123 Å². The summed E-state index contributed by atoms with van der Waals surface area (Å²) in [5, 5.41) is 3.27. The molecule has 1 N–H and O–H groups in total. The van der Waals surface area contributed by atoms with Gasteiger partial charge < -0.3 is 5.32 Å². The molecule has 0 saturated heterocycles. The van der Waals surface area contributed by atoms with E-state index in [0.717, 1.165) is 5.56 Å². The molecule has 1 aromatic carbocycles. The summed E-state index contributed by atoms with van der Waals surface area (Å²) >= 11 is 1.86. The quantitative estimate of drug-likeness (QED) is 0.822. The molecule has 106 valence electrons.